The average molecular weight is 268 g/mol. The van der Waals surface area contributed by atoms with Crippen LogP contribution in [-0.4, -0.2) is 18.2 Å². The molecule has 102 valence electrons. The lowest BCUT2D eigenvalue weighted by atomic mass is 10.0. The average Bonchev–Trinajstić information content (AvgIpc) is 2.46. The Morgan fingerprint density at radius 1 is 1.10 bits per heavy atom. The summed E-state index contributed by atoms with van der Waals surface area (Å²) in [5.74, 6) is -0.116. The smallest absolute Gasteiger partial charge is 0.328 e. The highest BCUT2D eigenvalue weighted by Gasteiger charge is 2.05. The molecule has 1 N–H and O–H groups in total. The van der Waals surface area contributed by atoms with E-state index in [0.717, 1.165) is 28.0 Å². The van der Waals surface area contributed by atoms with Crippen molar-refractivity contribution in [3.05, 3.63) is 60.2 Å². The van der Waals surface area contributed by atoms with Gasteiger partial charge in [-0.2, -0.15) is 0 Å². The van der Waals surface area contributed by atoms with Crippen molar-refractivity contribution in [1.29, 1.82) is 0 Å². The fraction of sp³-hybridized carbons (Fsp3) is 0.118. The van der Waals surface area contributed by atoms with Crippen LogP contribution in [0.4, 0.5) is 0 Å². The van der Waals surface area contributed by atoms with E-state index >= 15 is 0 Å². The molecule has 0 fully saturated rings. The first-order chi connectivity index (χ1) is 9.61. The van der Waals surface area contributed by atoms with Gasteiger partial charge in [-0.3, -0.25) is 0 Å². The zero-order chi connectivity index (χ0) is 14.5. The number of carboxylic acids is 1. The third kappa shape index (κ3) is 3.06. The molecule has 0 aliphatic heterocycles. The van der Waals surface area contributed by atoms with E-state index in [2.05, 4.69) is 0 Å². The molecule has 0 unspecified atom stereocenters. The van der Waals surface area contributed by atoms with E-state index < -0.39 is 5.97 Å². The fourth-order valence-electron chi connectivity index (χ4n) is 2.06. The molecule has 0 aliphatic carbocycles. The predicted molar refractivity (Wildman–Crippen MR) is 79.7 cm³/mol. The van der Waals surface area contributed by atoms with Gasteiger partial charge in [-0.15, -0.1) is 0 Å². The minimum atomic E-state index is -0.934. The molecule has 2 aromatic carbocycles. The first kappa shape index (κ1) is 13.9. The highest BCUT2D eigenvalue weighted by molar-refractivity contribution is 5.89. The van der Waals surface area contributed by atoms with E-state index in [-0.39, 0.29) is 0 Å². The topological polar surface area (TPSA) is 46.5 Å². The molecule has 0 amide bonds. The summed E-state index contributed by atoms with van der Waals surface area (Å²) in [6, 6.07) is 15.6. The largest absolute Gasteiger partial charge is 0.496 e. The maximum atomic E-state index is 10.7. The van der Waals surface area contributed by atoms with Gasteiger partial charge in [0.25, 0.3) is 0 Å². The number of carboxylic acid groups (broad SMARTS) is 1. The van der Waals surface area contributed by atoms with Crippen LogP contribution in [0.25, 0.3) is 16.7 Å². The van der Waals surface area contributed by atoms with Crippen molar-refractivity contribution in [2.45, 2.75) is 6.92 Å². The van der Waals surface area contributed by atoms with Gasteiger partial charge in [0.1, 0.15) is 5.75 Å². The number of rotatable bonds is 4. The number of allylic oxidation sites excluding steroid dienone is 1. The van der Waals surface area contributed by atoms with Gasteiger partial charge in [-0.25, -0.2) is 4.79 Å². The zero-order valence-corrected chi connectivity index (χ0v) is 11.5. The summed E-state index contributed by atoms with van der Waals surface area (Å²) in [5, 5.41) is 8.75. The second-order valence-electron chi connectivity index (χ2n) is 4.44. The first-order valence-corrected chi connectivity index (χ1v) is 6.27. The van der Waals surface area contributed by atoms with Gasteiger partial charge >= 0.3 is 5.97 Å². The summed E-state index contributed by atoms with van der Waals surface area (Å²) >= 11 is 0. The third-order valence-corrected chi connectivity index (χ3v) is 3.10. The Bertz CT molecular complexity index is 640. The van der Waals surface area contributed by atoms with Crippen LogP contribution in [0.15, 0.2) is 54.6 Å². The predicted octanol–water partition coefficient (Wildman–Crippen LogP) is 3.85. The van der Waals surface area contributed by atoms with Gasteiger partial charge in [0.2, 0.25) is 0 Å². The molecule has 0 atom stereocenters. The van der Waals surface area contributed by atoms with Crippen molar-refractivity contribution >= 4 is 11.5 Å². The van der Waals surface area contributed by atoms with Crippen molar-refractivity contribution in [2.24, 2.45) is 0 Å². The molecule has 0 bridgehead atoms. The molecule has 0 saturated carbocycles. The van der Waals surface area contributed by atoms with Gasteiger partial charge in [0.15, 0.2) is 0 Å². The number of carbonyl (C=O) groups is 1. The Kier molecular flexibility index (Phi) is 4.20. The number of hydrogen-bond donors (Lipinski definition) is 1. The standard InChI is InChI=1S/C17H16O3/c1-12(11-17(18)19)13-7-9-14(10-8-13)15-5-3-4-6-16(15)20-2/h3-11H,1-2H3,(H,18,19)/b12-11+. The maximum absolute atomic E-state index is 10.7. The summed E-state index contributed by atoms with van der Waals surface area (Å²) in [6.07, 6.45) is 1.21. The van der Waals surface area contributed by atoms with Crippen molar-refractivity contribution in [3.8, 4) is 16.9 Å². The van der Waals surface area contributed by atoms with Crippen LogP contribution in [0, 0.1) is 0 Å². The van der Waals surface area contributed by atoms with Crippen LogP contribution >= 0.6 is 0 Å². The van der Waals surface area contributed by atoms with Gasteiger partial charge in [0, 0.05) is 11.6 Å². The van der Waals surface area contributed by atoms with Crippen molar-refractivity contribution < 1.29 is 14.6 Å². The number of aliphatic carboxylic acids is 1. The summed E-state index contributed by atoms with van der Waals surface area (Å²) in [6.45, 7) is 1.78. The van der Waals surface area contributed by atoms with E-state index in [1.165, 1.54) is 6.08 Å². The summed E-state index contributed by atoms with van der Waals surface area (Å²) in [5.41, 5.74) is 3.67. The van der Waals surface area contributed by atoms with E-state index in [9.17, 15) is 4.79 Å². The van der Waals surface area contributed by atoms with Crippen LogP contribution in [-0.2, 0) is 4.79 Å². The highest BCUT2D eigenvalue weighted by atomic mass is 16.5. The van der Waals surface area contributed by atoms with Gasteiger partial charge < -0.3 is 9.84 Å². The van der Waals surface area contributed by atoms with Crippen molar-refractivity contribution in [3.63, 3.8) is 0 Å². The Balaban J connectivity index is 2.35. The highest BCUT2D eigenvalue weighted by Crippen LogP contribution is 2.30. The van der Waals surface area contributed by atoms with Crippen LogP contribution < -0.4 is 4.74 Å². The van der Waals surface area contributed by atoms with E-state index in [0.29, 0.717) is 0 Å². The lowest BCUT2D eigenvalue weighted by molar-refractivity contribution is -0.131. The molecule has 3 nitrogen and oxygen atoms in total. The number of benzene rings is 2. The molecule has 3 heteroatoms. The van der Waals surface area contributed by atoms with E-state index in [4.69, 9.17) is 9.84 Å². The molecule has 2 rings (SSSR count). The summed E-state index contributed by atoms with van der Waals surface area (Å²) in [4.78, 5) is 10.7. The molecule has 0 aliphatic rings. The van der Waals surface area contributed by atoms with Crippen LogP contribution in [0.2, 0.25) is 0 Å². The monoisotopic (exact) mass is 268 g/mol. The molecular weight excluding hydrogens is 252 g/mol. The molecule has 20 heavy (non-hydrogen) atoms. The van der Waals surface area contributed by atoms with E-state index in [1.807, 2.05) is 48.5 Å². The minimum absolute atomic E-state index is 0.726. The molecule has 0 aromatic heterocycles. The SMILES string of the molecule is COc1ccccc1-c1ccc(/C(C)=C/C(=O)O)cc1. The molecule has 0 radical (unpaired) electrons. The number of ether oxygens (including phenoxy) is 1. The van der Waals surface area contributed by atoms with Gasteiger partial charge in [0.05, 0.1) is 7.11 Å². The normalized spacial score (nSPS) is 11.2. The summed E-state index contributed by atoms with van der Waals surface area (Å²) < 4.78 is 5.34. The van der Waals surface area contributed by atoms with Crippen molar-refractivity contribution in [2.75, 3.05) is 7.11 Å². The first-order valence-electron chi connectivity index (χ1n) is 6.27. The van der Waals surface area contributed by atoms with Gasteiger partial charge in [-0.05, 0) is 29.7 Å². The fourth-order valence-corrected chi connectivity index (χ4v) is 2.06. The molecule has 0 spiro atoms. The molecule has 2 aromatic rings. The quantitative estimate of drug-likeness (QED) is 0.857. The van der Waals surface area contributed by atoms with Crippen molar-refractivity contribution in [1.82, 2.24) is 0 Å². The lowest BCUT2D eigenvalue weighted by Gasteiger charge is -2.09. The lowest BCUT2D eigenvalue weighted by Crippen LogP contribution is -1.90. The number of para-hydroxylation sites is 1. The van der Waals surface area contributed by atoms with Crippen LogP contribution in [0.5, 0.6) is 5.75 Å². The summed E-state index contributed by atoms with van der Waals surface area (Å²) in [7, 11) is 1.65. The Morgan fingerprint density at radius 2 is 1.75 bits per heavy atom. The number of hydrogen-bond acceptors (Lipinski definition) is 2. The van der Waals surface area contributed by atoms with Crippen LogP contribution in [0.1, 0.15) is 12.5 Å². The second-order valence-corrected chi connectivity index (χ2v) is 4.44. The maximum Gasteiger partial charge on any atom is 0.328 e. The Morgan fingerprint density at radius 3 is 2.35 bits per heavy atom. The van der Waals surface area contributed by atoms with Gasteiger partial charge in [-0.1, -0.05) is 42.5 Å². The molecule has 0 saturated heterocycles. The Hall–Kier alpha value is -2.55. The molecular formula is C17H16O3. The second kappa shape index (κ2) is 6.06. The number of methoxy groups -OCH3 is 1. The third-order valence-electron chi connectivity index (χ3n) is 3.10. The minimum Gasteiger partial charge on any atom is -0.496 e. The van der Waals surface area contributed by atoms with Crippen LogP contribution in [0.3, 0.4) is 0 Å². The molecule has 0 heterocycles. The zero-order valence-electron chi connectivity index (χ0n) is 11.5. The van der Waals surface area contributed by atoms with E-state index in [1.54, 1.807) is 14.0 Å². The Labute approximate surface area is 118 Å².